The number of fused-ring (bicyclic) bond motifs is 1. The maximum atomic E-state index is 4.67. The van der Waals surface area contributed by atoms with Crippen LogP contribution >= 0.6 is 0 Å². The second-order valence-electron chi connectivity index (χ2n) is 10.1. The topological polar surface area (TPSA) is 0 Å². The van der Waals surface area contributed by atoms with Crippen molar-refractivity contribution < 1.29 is 0 Å². The SMILES string of the molecule is C=C(CCC)C1=C(C)C=C2C/C(=C/c3ccc(C(CC)CC)cc3)C(=C)C2C1c1ccccc1. The summed E-state index contributed by atoms with van der Waals surface area (Å²) in [5.74, 6) is 1.28. The van der Waals surface area contributed by atoms with Crippen molar-refractivity contribution in [1.82, 2.24) is 0 Å². The molecule has 0 spiro atoms. The van der Waals surface area contributed by atoms with Crippen LogP contribution in [0.2, 0.25) is 0 Å². The lowest BCUT2D eigenvalue weighted by Crippen LogP contribution is -2.21. The summed E-state index contributed by atoms with van der Waals surface area (Å²) >= 11 is 0. The van der Waals surface area contributed by atoms with E-state index in [4.69, 9.17) is 0 Å². The summed E-state index contributed by atoms with van der Waals surface area (Å²) in [5.41, 5.74) is 12.4. The lowest BCUT2D eigenvalue weighted by Gasteiger charge is -2.34. The third kappa shape index (κ3) is 4.69. The monoisotopic (exact) mass is 448 g/mol. The van der Waals surface area contributed by atoms with E-state index in [1.54, 1.807) is 0 Å². The minimum absolute atomic E-state index is 0.302. The minimum atomic E-state index is 0.302. The average molecular weight is 449 g/mol. The molecule has 34 heavy (non-hydrogen) atoms. The van der Waals surface area contributed by atoms with Crippen molar-refractivity contribution in [2.24, 2.45) is 5.92 Å². The Labute approximate surface area is 207 Å². The van der Waals surface area contributed by atoms with Gasteiger partial charge in [0.25, 0.3) is 0 Å². The van der Waals surface area contributed by atoms with E-state index in [1.807, 2.05) is 0 Å². The van der Waals surface area contributed by atoms with Gasteiger partial charge in [0.2, 0.25) is 0 Å². The van der Waals surface area contributed by atoms with E-state index in [1.165, 1.54) is 63.0 Å². The van der Waals surface area contributed by atoms with Crippen molar-refractivity contribution in [1.29, 1.82) is 0 Å². The molecule has 0 bridgehead atoms. The Morgan fingerprint density at radius 3 is 2.26 bits per heavy atom. The van der Waals surface area contributed by atoms with Gasteiger partial charge in [0.1, 0.15) is 0 Å². The summed E-state index contributed by atoms with van der Waals surface area (Å²) in [6, 6.07) is 20.2. The van der Waals surface area contributed by atoms with Crippen LogP contribution in [0.4, 0.5) is 0 Å². The molecule has 0 nitrogen and oxygen atoms in total. The molecule has 0 heteroatoms. The largest absolute Gasteiger partial charge is 0.0955 e. The van der Waals surface area contributed by atoms with E-state index < -0.39 is 0 Å². The molecule has 2 unspecified atom stereocenters. The Morgan fingerprint density at radius 2 is 1.65 bits per heavy atom. The lowest BCUT2D eigenvalue weighted by molar-refractivity contribution is 0.619. The smallest absolute Gasteiger partial charge is 0.0201 e. The summed E-state index contributed by atoms with van der Waals surface area (Å²) in [4.78, 5) is 0. The van der Waals surface area contributed by atoms with Gasteiger partial charge in [0.05, 0.1) is 0 Å². The van der Waals surface area contributed by atoms with Gasteiger partial charge in [-0.05, 0) is 77.5 Å². The number of allylic oxidation sites excluding steroid dienone is 7. The molecular weight excluding hydrogens is 408 g/mol. The summed E-state index contributed by atoms with van der Waals surface area (Å²) in [6.07, 6.45) is 10.4. The lowest BCUT2D eigenvalue weighted by atomic mass is 9.69. The van der Waals surface area contributed by atoms with E-state index in [0.717, 1.165) is 19.3 Å². The molecular formula is C34H40. The fourth-order valence-electron chi connectivity index (χ4n) is 6.11. The first-order valence-corrected chi connectivity index (χ1v) is 13.1. The maximum Gasteiger partial charge on any atom is 0.0201 e. The van der Waals surface area contributed by atoms with Gasteiger partial charge in [-0.25, -0.2) is 0 Å². The second kappa shape index (κ2) is 10.6. The molecule has 176 valence electrons. The number of rotatable bonds is 8. The van der Waals surface area contributed by atoms with Crippen LogP contribution in [0.5, 0.6) is 0 Å². The van der Waals surface area contributed by atoms with Crippen LogP contribution in [0.3, 0.4) is 0 Å². The zero-order valence-electron chi connectivity index (χ0n) is 21.5. The minimum Gasteiger partial charge on any atom is -0.0955 e. The number of benzene rings is 2. The average Bonchev–Trinajstić information content (AvgIpc) is 3.15. The Hall–Kier alpha value is -2.86. The van der Waals surface area contributed by atoms with Gasteiger partial charge in [-0.2, -0.15) is 0 Å². The molecule has 2 aromatic carbocycles. The maximum absolute atomic E-state index is 4.67. The molecule has 0 radical (unpaired) electrons. The predicted molar refractivity (Wildman–Crippen MR) is 149 cm³/mol. The molecule has 0 aromatic heterocycles. The highest BCUT2D eigenvalue weighted by Crippen LogP contribution is 2.55. The molecule has 2 atom stereocenters. The Bertz CT molecular complexity index is 1130. The van der Waals surface area contributed by atoms with Gasteiger partial charge in [0.15, 0.2) is 0 Å². The van der Waals surface area contributed by atoms with E-state index in [2.05, 4.69) is 108 Å². The third-order valence-corrected chi connectivity index (χ3v) is 7.88. The normalized spacial score (nSPS) is 21.3. The van der Waals surface area contributed by atoms with Gasteiger partial charge in [-0.15, -0.1) is 0 Å². The van der Waals surface area contributed by atoms with Crippen molar-refractivity contribution in [2.75, 3.05) is 0 Å². The zero-order chi connectivity index (χ0) is 24.2. The molecule has 2 aliphatic rings. The molecule has 2 aromatic rings. The molecule has 2 aliphatic carbocycles. The molecule has 0 aliphatic heterocycles. The molecule has 0 heterocycles. The quantitative estimate of drug-likeness (QED) is 0.377. The molecule has 4 rings (SSSR count). The van der Waals surface area contributed by atoms with Crippen LogP contribution in [0.1, 0.15) is 88.3 Å². The van der Waals surface area contributed by atoms with Gasteiger partial charge >= 0.3 is 0 Å². The van der Waals surface area contributed by atoms with Crippen molar-refractivity contribution >= 4 is 6.08 Å². The van der Waals surface area contributed by atoms with Gasteiger partial charge in [-0.3, -0.25) is 0 Å². The summed E-state index contributed by atoms with van der Waals surface area (Å²) in [5, 5.41) is 0. The van der Waals surface area contributed by atoms with Crippen LogP contribution in [0.15, 0.2) is 107 Å². The van der Waals surface area contributed by atoms with Crippen LogP contribution < -0.4 is 0 Å². The Morgan fingerprint density at radius 1 is 0.971 bits per heavy atom. The fraction of sp³-hybridized carbons (Fsp3) is 0.353. The van der Waals surface area contributed by atoms with Crippen molar-refractivity contribution in [2.45, 2.75) is 71.6 Å². The number of hydrogen-bond donors (Lipinski definition) is 0. The van der Waals surface area contributed by atoms with E-state index in [0.29, 0.717) is 17.8 Å². The highest BCUT2D eigenvalue weighted by molar-refractivity contribution is 5.67. The van der Waals surface area contributed by atoms with E-state index in [9.17, 15) is 0 Å². The Balaban J connectivity index is 1.70. The van der Waals surface area contributed by atoms with Crippen molar-refractivity contribution in [3.05, 3.63) is 124 Å². The molecule has 0 saturated heterocycles. The first-order valence-electron chi connectivity index (χ1n) is 13.1. The molecule has 0 amide bonds. The molecule has 0 N–H and O–H groups in total. The highest BCUT2D eigenvalue weighted by Gasteiger charge is 2.40. The molecule has 1 fully saturated rings. The van der Waals surface area contributed by atoms with E-state index >= 15 is 0 Å². The van der Waals surface area contributed by atoms with Crippen molar-refractivity contribution in [3.63, 3.8) is 0 Å². The second-order valence-corrected chi connectivity index (χ2v) is 10.1. The highest BCUT2D eigenvalue weighted by atomic mass is 14.4. The van der Waals surface area contributed by atoms with Crippen LogP contribution in [0, 0.1) is 5.92 Å². The summed E-state index contributed by atoms with van der Waals surface area (Å²) in [7, 11) is 0. The molecule has 1 saturated carbocycles. The summed E-state index contributed by atoms with van der Waals surface area (Å²) in [6.45, 7) is 18.3. The standard InChI is InChI=1S/C34H40/c1-7-13-23(4)32-24(5)20-31-22-30(21-26-16-18-28(19-17-26)27(8-2)9-3)25(6)33(31)34(32)29-14-11-10-12-15-29/h10-12,14-21,27,33-34H,4,6-9,13,22H2,1-3,5H3/b30-21-. The van der Waals surface area contributed by atoms with Crippen LogP contribution in [-0.2, 0) is 0 Å². The Kier molecular flexibility index (Phi) is 7.57. The summed E-state index contributed by atoms with van der Waals surface area (Å²) < 4.78 is 0. The first kappa shape index (κ1) is 24.3. The van der Waals surface area contributed by atoms with Crippen LogP contribution in [0.25, 0.3) is 6.08 Å². The van der Waals surface area contributed by atoms with Gasteiger partial charge in [0, 0.05) is 11.8 Å². The van der Waals surface area contributed by atoms with Gasteiger partial charge < -0.3 is 0 Å². The number of hydrogen-bond acceptors (Lipinski definition) is 0. The predicted octanol–water partition coefficient (Wildman–Crippen LogP) is 9.95. The fourth-order valence-corrected chi connectivity index (χ4v) is 6.11. The first-order chi connectivity index (χ1) is 16.5. The van der Waals surface area contributed by atoms with Crippen molar-refractivity contribution in [3.8, 4) is 0 Å². The zero-order valence-corrected chi connectivity index (χ0v) is 21.5. The van der Waals surface area contributed by atoms with Gasteiger partial charge in [-0.1, -0.05) is 118 Å². The van der Waals surface area contributed by atoms with Crippen LogP contribution in [-0.4, -0.2) is 0 Å². The third-order valence-electron chi connectivity index (χ3n) is 7.88. The van der Waals surface area contributed by atoms with E-state index in [-0.39, 0.29) is 0 Å².